The molecule has 0 heterocycles. The first kappa shape index (κ1) is 47.7. The molecule has 0 aromatic heterocycles. The van der Waals surface area contributed by atoms with E-state index in [9.17, 15) is 20.1 Å². The van der Waals surface area contributed by atoms with Gasteiger partial charge in [0.15, 0.2) is 0 Å². The van der Waals surface area contributed by atoms with Crippen LogP contribution in [0.1, 0.15) is 161 Å². The number of aliphatic carboxylic acids is 1. The number of rotatable bonds is 9. The van der Waals surface area contributed by atoms with Crippen LogP contribution in [0.25, 0.3) is 0 Å². The Kier molecular flexibility index (Phi) is 17.0. The van der Waals surface area contributed by atoms with Gasteiger partial charge in [0.1, 0.15) is 0 Å². The van der Waals surface area contributed by atoms with Crippen molar-refractivity contribution in [3.63, 3.8) is 0 Å². The summed E-state index contributed by atoms with van der Waals surface area (Å²) >= 11 is 0. The summed E-state index contributed by atoms with van der Waals surface area (Å²) < 4.78 is 0. The summed E-state index contributed by atoms with van der Waals surface area (Å²) in [6.45, 7) is 28.1. The van der Waals surface area contributed by atoms with Gasteiger partial charge in [0, 0.05) is 37.4 Å². The third-order valence-electron chi connectivity index (χ3n) is 10.1. The Morgan fingerprint density at radius 1 is 0.709 bits per heavy atom. The molecule has 0 amide bonds. The van der Waals surface area contributed by atoms with E-state index in [0.29, 0.717) is 17.7 Å². The summed E-state index contributed by atoms with van der Waals surface area (Å²) in [5.74, 6) is -0.896. The van der Waals surface area contributed by atoms with Gasteiger partial charge in [-0.2, -0.15) is 0 Å². The molecular formula is C47H66CoN3O4. The van der Waals surface area contributed by atoms with Gasteiger partial charge in [-0.3, -0.25) is 9.98 Å². The molecule has 0 saturated heterocycles. The summed E-state index contributed by atoms with van der Waals surface area (Å²) in [4.78, 5) is 20.2. The molecule has 1 saturated carbocycles. The summed E-state index contributed by atoms with van der Waals surface area (Å²) in [6.07, 6.45) is 7.67. The van der Waals surface area contributed by atoms with Crippen LogP contribution in [0.5, 0.6) is 11.5 Å². The van der Waals surface area contributed by atoms with Crippen LogP contribution in [0, 0.1) is 0 Å². The zero-order valence-electron chi connectivity index (χ0n) is 35.7. The Bertz CT molecular complexity index is 1660. The van der Waals surface area contributed by atoms with Crippen molar-refractivity contribution in [2.45, 2.75) is 168 Å². The molecule has 0 unspecified atom stereocenters. The van der Waals surface area contributed by atoms with E-state index in [4.69, 9.17) is 9.98 Å². The summed E-state index contributed by atoms with van der Waals surface area (Å²) in [6, 6.07) is 18.0. The van der Waals surface area contributed by atoms with Crippen LogP contribution >= 0.6 is 0 Å². The molecular weight excluding hydrogens is 729 g/mol. The van der Waals surface area contributed by atoms with Crippen LogP contribution in [0.3, 0.4) is 0 Å². The maximum Gasteiger partial charge on any atom is 3.00 e. The average Bonchev–Trinajstić information content (AvgIpc) is 3.05. The minimum atomic E-state index is -1.02. The van der Waals surface area contributed by atoms with E-state index in [0.717, 1.165) is 53.5 Å². The Balaban J connectivity index is 0.000000586. The van der Waals surface area contributed by atoms with Crippen molar-refractivity contribution in [2.75, 3.05) is 0 Å². The fraction of sp³-hybridized carbons (Fsp3) is 0.553. The predicted molar refractivity (Wildman–Crippen MR) is 220 cm³/mol. The Labute approximate surface area is 342 Å². The third kappa shape index (κ3) is 14.5. The zero-order chi connectivity index (χ0) is 40.6. The topological polar surface area (TPSA) is 123 Å². The van der Waals surface area contributed by atoms with E-state index >= 15 is 0 Å². The van der Waals surface area contributed by atoms with Gasteiger partial charge in [0.05, 0.1) is 12.1 Å². The quantitative estimate of drug-likeness (QED) is 0.219. The number of hydrogen-bond donors (Lipinski definition) is 1. The Morgan fingerprint density at radius 3 is 1.45 bits per heavy atom. The monoisotopic (exact) mass is 795 g/mol. The second-order valence-corrected chi connectivity index (χ2v) is 19.2. The van der Waals surface area contributed by atoms with Crippen LogP contribution in [-0.4, -0.2) is 36.5 Å². The molecule has 7 nitrogen and oxygen atoms in total. The molecule has 0 bridgehead atoms. The van der Waals surface area contributed by atoms with Gasteiger partial charge < -0.3 is 25.4 Å². The second-order valence-electron chi connectivity index (χ2n) is 19.2. The first-order chi connectivity index (χ1) is 24.9. The summed E-state index contributed by atoms with van der Waals surface area (Å²) in [5.41, 5.74) is 5.77. The number of carboxylic acids is 1. The normalized spacial score (nSPS) is 17.4. The molecule has 0 radical (unpaired) electrons. The average molecular weight is 796 g/mol. The van der Waals surface area contributed by atoms with Crippen LogP contribution in [0.4, 0.5) is 0 Å². The Hall–Kier alpha value is -3.46. The van der Waals surface area contributed by atoms with E-state index in [1.54, 1.807) is 12.4 Å². The van der Waals surface area contributed by atoms with Gasteiger partial charge >= 0.3 is 16.8 Å². The van der Waals surface area contributed by atoms with Gasteiger partial charge in [0.25, 0.3) is 0 Å². The number of nitrogens with zero attached hydrogens (tertiary/aromatic N) is 2. The zero-order valence-corrected chi connectivity index (χ0v) is 36.7. The predicted octanol–water partition coefficient (Wildman–Crippen LogP) is 8.18. The van der Waals surface area contributed by atoms with Gasteiger partial charge in [-0.05, 0) is 80.4 Å². The van der Waals surface area contributed by atoms with Gasteiger partial charge in [0.2, 0.25) is 0 Å². The number of aliphatic imine (C=N–C) groups is 2. The fourth-order valence-electron chi connectivity index (χ4n) is 6.48. The Morgan fingerprint density at radius 2 is 1.11 bits per heavy atom. The maximum atomic E-state index is 13.5. The number of carbonyl (C=O) groups is 1. The number of benzene rings is 3. The number of carbonyl (C=O) groups excluding carboxylic acids is 1. The standard InChI is InChI=1S/C36H54N2O2.C11H15NO2.Co/c1-33(2,3)25-17-23(31(39)27(19-25)35(7,8)9)21-37-29-15-13-14-16-30(29)38-22-24-18-26(34(4,5)6)20-28(32(24)40)36(10,11)12;1-9(7-11(13)14)12-8-10-5-3-2-4-6-10;/h17-22,29-30,39-40H,13-16H2,1-12H3;2-6,9,12H,7-8H2,1H3,(H,13,14);/q;;+3/p-3/t29-,30-;9-;/m11./s1. The minimum absolute atomic E-state index is 0. The van der Waals surface area contributed by atoms with E-state index in [-0.39, 0.29) is 74.5 Å². The van der Waals surface area contributed by atoms with E-state index in [2.05, 4.69) is 101 Å². The van der Waals surface area contributed by atoms with Gasteiger partial charge in [-0.1, -0.05) is 162 Å². The van der Waals surface area contributed by atoms with Crippen LogP contribution in [-0.2, 0) is 49.8 Å². The van der Waals surface area contributed by atoms with Gasteiger partial charge in [-0.15, -0.1) is 0 Å². The van der Waals surface area contributed by atoms with Crippen molar-refractivity contribution in [2.24, 2.45) is 9.98 Å². The van der Waals surface area contributed by atoms with Crippen molar-refractivity contribution in [1.29, 1.82) is 0 Å². The molecule has 8 heteroatoms. The first-order valence-electron chi connectivity index (χ1n) is 19.6. The van der Waals surface area contributed by atoms with Crippen LogP contribution < -0.4 is 20.6 Å². The molecule has 3 aromatic rings. The third-order valence-corrected chi connectivity index (χ3v) is 10.1. The van der Waals surface area contributed by atoms with Crippen LogP contribution in [0.2, 0.25) is 0 Å². The van der Waals surface area contributed by atoms with Gasteiger partial charge in [-0.25, -0.2) is 0 Å². The molecule has 1 aliphatic rings. The van der Waals surface area contributed by atoms with Crippen molar-refractivity contribution in [3.8, 4) is 11.5 Å². The molecule has 0 aliphatic heterocycles. The number of hydrogen-bond acceptors (Lipinski definition) is 7. The van der Waals surface area contributed by atoms with Crippen molar-refractivity contribution >= 4 is 18.4 Å². The van der Waals surface area contributed by atoms with Crippen LogP contribution in [0.15, 0.2) is 64.6 Å². The van der Waals surface area contributed by atoms with Crippen molar-refractivity contribution < 1.29 is 36.9 Å². The minimum Gasteiger partial charge on any atom is -0.872 e. The molecule has 1 N–H and O–H groups in total. The molecule has 4 rings (SSSR count). The second kappa shape index (κ2) is 19.6. The first-order valence-corrected chi connectivity index (χ1v) is 19.6. The smallest absolute Gasteiger partial charge is 0.872 e. The molecule has 1 aliphatic carbocycles. The largest absolute Gasteiger partial charge is 3.00 e. The summed E-state index contributed by atoms with van der Waals surface area (Å²) in [5, 5.41) is 40.3. The fourth-order valence-corrected chi connectivity index (χ4v) is 6.48. The maximum absolute atomic E-state index is 13.5. The molecule has 55 heavy (non-hydrogen) atoms. The SMILES string of the molecule is CC(C)(C)c1cc(C=N[C@@H]2CCCC[C@H]2N=Cc2cc(C(C)(C)C)cc(C(C)(C)C)c2[O-])c([O-])c(C(C)(C)C)c1.C[C@H](CC(=O)[O-])NCc1ccccc1.[Co+3]. The van der Waals surface area contributed by atoms with E-state index in [1.807, 2.05) is 49.4 Å². The van der Waals surface area contributed by atoms with E-state index in [1.165, 1.54) is 0 Å². The van der Waals surface area contributed by atoms with E-state index < -0.39 is 5.97 Å². The summed E-state index contributed by atoms with van der Waals surface area (Å²) in [7, 11) is 0. The number of carboxylic acid groups (broad SMARTS) is 1. The van der Waals surface area contributed by atoms with Crippen molar-refractivity contribution in [3.05, 3.63) is 93.5 Å². The molecule has 302 valence electrons. The molecule has 3 aromatic carbocycles. The molecule has 1 fully saturated rings. The number of nitrogens with one attached hydrogen (secondary N) is 1. The molecule has 0 spiro atoms. The van der Waals surface area contributed by atoms with Crippen molar-refractivity contribution in [1.82, 2.24) is 5.32 Å². The molecule has 3 atom stereocenters.